The number of hydrogen-bond acceptors (Lipinski definition) is 3. The number of benzene rings is 1. The molecule has 0 fully saturated rings. The smallest absolute Gasteiger partial charge is 0.239 e. The fourth-order valence-electron chi connectivity index (χ4n) is 1.72. The first kappa shape index (κ1) is 11.4. The number of aromatic nitrogens is 1. The molecule has 0 aliphatic carbocycles. The van der Waals surface area contributed by atoms with Crippen molar-refractivity contribution in [3.8, 4) is 0 Å². The van der Waals surface area contributed by atoms with Gasteiger partial charge in [0.15, 0.2) is 0 Å². The highest BCUT2D eigenvalue weighted by atomic mass is 16.1. The Morgan fingerprint density at radius 2 is 2.12 bits per heavy atom. The first-order chi connectivity index (χ1) is 8.20. The quantitative estimate of drug-likeness (QED) is 0.842. The minimum atomic E-state index is -0.0384. The molecule has 0 atom stereocenters. The molecule has 0 aliphatic heterocycles. The number of likely N-dealkylation sites (N-methyl/N-ethyl adjacent to an activating group) is 1. The molecule has 0 unspecified atom stereocenters. The van der Waals surface area contributed by atoms with E-state index in [1.165, 1.54) is 0 Å². The van der Waals surface area contributed by atoms with Crippen LogP contribution in [0.5, 0.6) is 0 Å². The van der Waals surface area contributed by atoms with E-state index in [0.717, 1.165) is 22.3 Å². The van der Waals surface area contributed by atoms with Gasteiger partial charge in [0.1, 0.15) is 0 Å². The Labute approximate surface area is 100 Å². The third-order valence-electron chi connectivity index (χ3n) is 2.56. The van der Waals surface area contributed by atoms with Gasteiger partial charge in [-0.2, -0.15) is 0 Å². The maximum absolute atomic E-state index is 11.2. The van der Waals surface area contributed by atoms with Crippen LogP contribution in [-0.2, 0) is 4.79 Å². The molecule has 0 saturated heterocycles. The van der Waals surface area contributed by atoms with Gasteiger partial charge in [0.2, 0.25) is 5.91 Å². The van der Waals surface area contributed by atoms with Gasteiger partial charge in [-0.3, -0.25) is 9.78 Å². The topological polar surface area (TPSA) is 54.0 Å². The van der Waals surface area contributed by atoms with Gasteiger partial charge in [-0.1, -0.05) is 18.2 Å². The summed E-state index contributed by atoms with van der Waals surface area (Å²) in [6.07, 6.45) is 0. The molecular formula is C13H15N3O. The summed E-state index contributed by atoms with van der Waals surface area (Å²) in [5.41, 5.74) is 2.81. The van der Waals surface area contributed by atoms with E-state index in [4.69, 9.17) is 0 Å². The van der Waals surface area contributed by atoms with E-state index in [1.54, 1.807) is 7.05 Å². The molecule has 1 amide bonds. The second-order valence-corrected chi connectivity index (χ2v) is 3.86. The number of carbonyl (C=O) groups is 1. The van der Waals surface area contributed by atoms with Crippen LogP contribution in [0.4, 0.5) is 5.69 Å². The fraction of sp³-hybridized carbons (Fsp3) is 0.231. The van der Waals surface area contributed by atoms with Crippen LogP contribution in [0.1, 0.15) is 5.69 Å². The molecule has 0 aliphatic rings. The number of pyridine rings is 1. The van der Waals surface area contributed by atoms with Gasteiger partial charge in [-0.05, 0) is 19.1 Å². The number of aryl methyl sites for hydroxylation is 1. The molecule has 17 heavy (non-hydrogen) atoms. The van der Waals surface area contributed by atoms with Crippen molar-refractivity contribution in [3.63, 3.8) is 0 Å². The van der Waals surface area contributed by atoms with Crippen LogP contribution >= 0.6 is 0 Å². The number of rotatable bonds is 3. The predicted molar refractivity (Wildman–Crippen MR) is 69.0 cm³/mol. The van der Waals surface area contributed by atoms with Gasteiger partial charge in [-0.25, -0.2) is 0 Å². The molecule has 4 nitrogen and oxygen atoms in total. The van der Waals surface area contributed by atoms with Gasteiger partial charge in [-0.15, -0.1) is 0 Å². The van der Waals surface area contributed by atoms with E-state index in [-0.39, 0.29) is 12.5 Å². The Kier molecular flexibility index (Phi) is 3.23. The summed E-state index contributed by atoms with van der Waals surface area (Å²) >= 11 is 0. The minimum absolute atomic E-state index is 0.0384. The summed E-state index contributed by atoms with van der Waals surface area (Å²) in [5, 5.41) is 6.74. The normalized spacial score (nSPS) is 10.2. The standard InChI is InChI=1S/C13H15N3O/c1-9-7-12(15-8-13(17)14-2)10-5-3-4-6-11(10)16-9/h3-7H,8H2,1-2H3,(H,14,17)(H,15,16). The van der Waals surface area contributed by atoms with Crippen LogP contribution in [0.3, 0.4) is 0 Å². The molecule has 0 radical (unpaired) electrons. The number of fused-ring (bicyclic) bond motifs is 1. The third kappa shape index (κ3) is 2.53. The lowest BCUT2D eigenvalue weighted by Crippen LogP contribution is -2.26. The average Bonchev–Trinajstić information content (AvgIpc) is 2.35. The van der Waals surface area contributed by atoms with Crippen LogP contribution in [0, 0.1) is 6.92 Å². The average molecular weight is 229 g/mol. The molecule has 1 aromatic heterocycles. The van der Waals surface area contributed by atoms with Crippen molar-refractivity contribution < 1.29 is 4.79 Å². The molecule has 2 N–H and O–H groups in total. The summed E-state index contributed by atoms with van der Waals surface area (Å²) < 4.78 is 0. The van der Waals surface area contributed by atoms with Gasteiger partial charge < -0.3 is 10.6 Å². The van der Waals surface area contributed by atoms with E-state index in [0.29, 0.717) is 0 Å². The molecule has 0 saturated carbocycles. The molecule has 0 spiro atoms. The summed E-state index contributed by atoms with van der Waals surface area (Å²) in [4.78, 5) is 15.7. The minimum Gasteiger partial charge on any atom is -0.376 e. The lowest BCUT2D eigenvalue weighted by atomic mass is 10.1. The number of amides is 1. The van der Waals surface area contributed by atoms with Crippen molar-refractivity contribution in [1.82, 2.24) is 10.3 Å². The Hall–Kier alpha value is -2.10. The van der Waals surface area contributed by atoms with Gasteiger partial charge in [0.05, 0.1) is 12.1 Å². The molecular weight excluding hydrogens is 214 g/mol. The second kappa shape index (κ2) is 4.82. The Balaban J connectivity index is 2.35. The highest BCUT2D eigenvalue weighted by Crippen LogP contribution is 2.22. The highest BCUT2D eigenvalue weighted by molar-refractivity contribution is 5.93. The predicted octanol–water partition coefficient (Wildman–Crippen LogP) is 1.70. The molecule has 2 aromatic rings. The van der Waals surface area contributed by atoms with E-state index in [1.807, 2.05) is 37.3 Å². The second-order valence-electron chi connectivity index (χ2n) is 3.86. The fourth-order valence-corrected chi connectivity index (χ4v) is 1.72. The first-order valence-corrected chi connectivity index (χ1v) is 5.51. The molecule has 2 rings (SSSR count). The lowest BCUT2D eigenvalue weighted by molar-refractivity contribution is -0.118. The number of nitrogens with zero attached hydrogens (tertiary/aromatic N) is 1. The largest absolute Gasteiger partial charge is 0.376 e. The third-order valence-corrected chi connectivity index (χ3v) is 2.56. The van der Waals surface area contributed by atoms with Crippen molar-refractivity contribution in [1.29, 1.82) is 0 Å². The number of anilines is 1. The van der Waals surface area contributed by atoms with E-state index in [9.17, 15) is 4.79 Å². The van der Waals surface area contributed by atoms with Crippen molar-refractivity contribution in [2.75, 3.05) is 18.9 Å². The number of para-hydroxylation sites is 1. The maximum Gasteiger partial charge on any atom is 0.239 e. The summed E-state index contributed by atoms with van der Waals surface area (Å²) in [5.74, 6) is -0.0384. The zero-order chi connectivity index (χ0) is 12.3. The summed E-state index contributed by atoms with van der Waals surface area (Å²) in [6, 6.07) is 9.83. The van der Waals surface area contributed by atoms with Gasteiger partial charge in [0, 0.05) is 23.8 Å². The van der Waals surface area contributed by atoms with Crippen LogP contribution in [0.25, 0.3) is 10.9 Å². The van der Waals surface area contributed by atoms with Crippen LogP contribution in [0.2, 0.25) is 0 Å². The zero-order valence-electron chi connectivity index (χ0n) is 9.95. The molecule has 1 aromatic carbocycles. The van der Waals surface area contributed by atoms with Crippen LogP contribution < -0.4 is 10.6 Å². The molecule has 1 heterocycles. The number of nitrogens with one attached hydrogen (secondary N) is 2. The van der Waals surface area contributed by atoms with Gasteiger partial charge >= 0.3 is 0 Å². The zero-order valence-corrected chi connectivity index (χ0v) is 9.95. The van der Waals surface area contributed by atoms with E-state index >= 15 is 0 Å². The number of hydrogen-bond donors (Lipinski definition) is 2. The van der Waals surface area contributed by atoms with Crippen molar-refractivity contribution in [2.45, 2.75) is 6.92 Å². The monoisotopic (exact) mass is 229 g/mol. The van der Waals surface area contributed by atoms with Crippen LogP contribution in [-0.4, -0.2) is 24.5 Å². The summed E-state index contributed by atoms with van der Waals surface area (Å²) in [7, 11) is 1.62. The molecule has 4 heteroatoms. The maximum atomic E-state index is 11.2. The van der Waals surface area contributed by atoms with Crippen molar-refractivity contribution in [2.24, 2.45) is 0 Å². The highest BCUT2D eigenvalue weighted by Gasteiger charge is 2.04. The molecule has 0 bridgehead atoms. The van der Waals surface area contributed by atoms with Crippen molar-refractivity contribution >= 4 is 22.5 Å². The van der Waals surface area contributed by atoms with E-state index in [2.05, 4.69) is 15.6 Å². The van der Waals surface area contributed by atoms with Crippen molar-refractivity contribution in [3.05, 3.63) is 36.0 Å². The summed E-state index contributed by atoms with van der Waals surface area (Å²) in [6.45, 7) is 2.21. The molecule has 88 valence electrons. The van der Waals surface area contributed by atoms with Gasteiger partial charge in [0.25, 0.3) is 0 Å². The lowest BCUT2D eigenvalue weighted by Gasteiger charge is -2.09. The first-order valence-electron chi connectivity index (χ1n) is 5.51. The Bertz CT molecular complexity index is 551. The Morgan fingerprint density at radius 3 is 2.88 bits per heavy atom. The Morgan fingerprint density at radius 1 is 1.35 bits per heavy atom. The SMILES string of the molecule is CNC(=O)CNc1cc(C)nc2ccccc12. The van der Waals surface area contributed by atoms with Crippen LogP contribution in [0.15, 0.2) is 30.3 Å². The van der Waals surface area contributed by atoms with E-state index < -0.39 is 0 Å². The number of carbonyl (C=O) groups excluding carboxylic acids is 1.